The van der Waals surface area contributed by atoms with Crippen LogP contribution >= 0.6 is 0 Å². The molecule has 0 amide bonds. The van der Waals surface area contributed by atoms with Gasteiger partial charge in [-0.25, -0.2) is 0 Å². The maximum atomic E-state index is 10.5. The average Bonchev–Trinajstić information content (AvgIpc) is 2.39. The molecule has 0 aromatic heterocycles. The van der Waals surface area contributed by atoms with Crippen LogP contribution < -0.4 is 0 Å². The predicted octanol–water partition coefficient (Wildman–Crippen LogP) is 1.85. The number of benzene rings is 1. The lowest BCUT2D eigenvalue weighted by Gasteiger charge is -1.98. The Morgan fingerprint density at radius 3 is 2.92 bits per heavy atom. The lowest BCUT2D eigenvalue weighted by atomic mass is 10.1. The number of fused-ring (bicyclic) bond motifs is 1. The highest BCUT2D eigenvalue weighted by atomic mass is 16.1. The van der Waals surface area contributed by atoms with Crippen molar-refractivity contribution < 1.29 is 4.79 Å². The smallest absolute Gasteiger partial charge is 0.167 e. The molecule has 1 aromatic carbocycles. The Bertz CT molecular complexity index is 391. The molecule has 0 bridgehead atoms. The molecule has 0 radical (unpaired) electrons. The van der Waals surface area contributed by atoms with Gasteiger partial charge in [-0.3, -0.25) is 9.79 Å². The number of hydrogen-bond donors (Lipinski definition) is 0. The summed E-state index contributed by atoms with van der Waals surface area (Å²) in [4.78, 5) is 14.6. The molecule has 0 fully saturated rings. The molecule has 64 valence electrons. The number of aldehydes is 1. The largest absolute Gasteiger partial charge is 0.296 e. The maximum Gasteiger partial charge on any atom is 0.167 e. The summed E-state index contributed by atoms with van der Waals surface area (Å²) in [5, 5.41) is 0. The first kappa shape index (κ1) is 7.92. The van der Waals surface area contributed by atoms with Crippen LogP contribution in [0.3, 0.4) is 0 Å². The van der Waals surface area contributed by atoms with E-state index in [2.05, 4.69) is 4.99 Å². The third-order valence-electron chi connectivity index (χ3n) is 2.04. The van der Waals surface area contributed by atoms with E-state index in [4.69, 9.17) is 0 Å². The van der Waals surface area contributed by atoms with Crippen molar-refractivity contribution in [3.05, 3.63) is 41.5 Å². The number of carbonyl (C=O) groups excluding carboxylic acids is 1. The summed E-state index contributed by atoms with van der Waals surface area (Å²) >= 11 is 0. The van der Waals surface area contributed by atoms with E-state index in [1.165, 1.54) is 0 Å². The molecule has 0 saturated carbocycles. The summed E-state index contributed by atoms with van der Waals surface area (Å²) in [6.07, 6.45) is 4.46. The normalized spacial score (nSPS) is 14.3. The van der Waals surface area contributed by atoms with Crippen LogP contribution in [0.2, 0.25) is 0 Å². The lowest BCUT2D eigenvalue weighted by molar-refractivity contribution is -0.102. The summed E-state index contributed by atoms with van der Waals surface area (Å²) in [5.41, 5.74) is 2.81. The molecular formula is C11H9NO. The molecule has 13 heavy (non-hydrogen) atoms. The van der Waals surface area contributed by atoms with Crippen molar-refractivity contribution in [1.82, 2.24) is 0 Å². The van der Waals surface area contributed by atoms with Crippen LogP contribution in [0, 0.1) is 0 Å². The molecule has 0 atom stereocenters. The third kappa shape index (κ3) is 1.56. The monoisotopic (exact) mass is 171 g/mol. The number of nitrogens with zero attached hydrogens (tertiary/aromatic N) is 1. The molecule has 0 spiro atoms. The number of aliphatic imine (C=N–C) groups is 1. The van der Waals surface area contributed by atoms with Gasteiger partial charge in [-0.15, -0.1) is 0 Å². The van der Waals surface area contributed by atoms with E-state index in [1.54, 1.807) is 6.08 Å². The van der Waals surface area contributed by atoms with Crippen molar-refractivity contribution in [2.75, 3.05) is 0 Å². The molecule has 0 N–H and O–H groups in total. The maximum absolute atomic E-state index is 10.5. The van der Waals surface area contributed by atoms with Crippen LogP contribution in [-0.4, -0.2) is 12.0 Å². The molecule has 0 unspecified atom stereocenters. The summed E-state index contributed by atoms with van der Waals surface area (Å²) < 4.78 is 0. The Labute approximate surface area is 76.6 Å². The zero-order valence-electron chi connectivity index (χ0n) is 7.10. The van der Waals surface area contributed by atoms with E-state index in [1.807, 2.05) is 30.3 Å². The van der Waals surface area contributed by atoms with Crippen molar-refractivity contribution in [2.45, 2.75) is 6.54 Å². The van der Waals surface area contributed by atoms with Gasteiger partial charge in [-0.05, 0) is 17.2 Å². The molecule has 1 heterocycles. The fourth-order valence-electron chi connectivity index (χ4n) is 1.32. The minimum Gasteiger partial charge on any atom is -0.296 e. The SMILES string of the molecule is O=CC1=NCc2ccccc2C=C1. The molecular weight excluding hydrogens is 162 g/mol. The number of hydrogen-bond acceptors (Lipinski definition) is 2. The number of carbonyl (C=O) groups is 1. The van der Waals surface area contributed by atoms with Crippen LogP contribution in [0.4, 0.5) is 0 Å². The Morgan fingerprint density at radius 2 is 2.08 bits per heavy atom. The highest BCUT2D eigenvalue weighted by molar-refractivity contribution is 6.34. The van der Waals surface area contributed by atoms with Crippen LogP contribution in [0.15, 0.2) is 35.3 Å². The molecule has 2 heteroatoms. The fraction of sp³-hybridized carbons (Fsp3) is 0.0909. The second-order valence-corrected chi connectivity index (χ2v) is 2.89. The van der Waals surface area contributed by atoms with Gasteiger partial charge in [0, 0.05) is 0 Å². The minimum atomic E-state index is 0.510. The summed E-state index contributed by atoms with van der Waals surface area (Å²) in [6, 6.07) is 8.01. The van der Waals surface area contributed by atoms with Crippen LogP contribution in [0.1, 0.15) is 11.1 Å². The van der Waals surface area contributed by atoms with E-state index in [-0.39, 0.29) is 0 Å². The van der Waals surface area contributed by atoms with Crippen LogP contribution in [-0.2, 0) is 11.3 Å². The molecule has 1 aliphatic heterocycles. The lowest BCUT2D eigenvalue weighted by Crippen LogP contribution is -1.93. The van der Waals surface area contributed by atoms with Gasteiger partial charge in [0.05, 0.1) is 12.3 Å². The van der Waals surface area contributed by atoms with Gasteiger partial charge in [0.1, 0.15) is 0 Å². The van der Waals surface area contributed by atoms with Crippen molar-refractivity contribution in [3.8, 4) is 0 Å². The number of rotatable bonds is 1. The third-order valence-corrected chi connectivity index (χ3v) is 2.04. The van der Waals surface area contributed by atoms with Crippen molar-refractivity contribution in [1.29, 1.82) is 0 Å². The second-order valence-electron chi connectivity index (χ2n) is 2.89. The van der Waals surface area contributed by atoms with Gasteiger partial charge >= 0.3 is 0 Å². The second kappa shape index (κ2) is 3.35. The van der Waals surface area contributed by atoms with Gasteiger partial charge in [-0.1, -0.05) is 30.3 Å². The van der Waals surface area contributed by atoms with Crippen LogP contribution in [0.25, 0.3) is 6.08 Å². The fourth-order valence-corrected chi connectivity index (χ4v) is 1.32. The van der Waals surface area contributed by atoms with Gasteiger partial charge < -0.3 is 0 Å². The predicted molar refractivity (Wildman–Crippen MR) is 52.7 cm³/mol. The van der Waals surface area contributed by atoms with Gasteiger partial charge in [0.2, 0.25) is 0 Å². The molecule has 2 rings (SSSR count). The molecule has 2 nitrogen and oxygen atoms in total. The molecule has 0 aliphatic carbocycles. The summed E-state index contributed by atoms with van der Waals surface area (Å²) in [5.74, 6) is 0. The number of allylic oxidation sites excluding steroid dienone is 1. The van der Waals surface area contributed by atoms with Gasteiger partial charge in [0.15, 0.2) is 6.29 Å². The minimum absolute atomic E-state index is 0.510. The Hall–Kier alpha value is -1.70. The Balaban J connectivity index is 2.44. The van der Waals surface area contributed by atoms with Crippen LogP contribution in [0.5, 0.6) is 0 Å². The zero-order valence-corrected chi connectivity index (χ0v) is 7.10. The zero-order chi connectivity index (χ0) is 9.10. The quantitative estimate of drug-likeness (QED) is 0.593. The first-order chi connectivity index (χ1) is 6.40. The highest BCUT2D eigenvalue weighted by Crippen LogP contribution is 2.14. The van der Waals surface area contributed by atoms with E-state index in [9.17, 15) is 4.79 Å². The van der Waals surface area contributed by atoms with Gasteiger partial charge in [0.25, 0.3) is 0 Å². The Kier molecular flexibility index (Phi) is 2.04. The van der Waals surface area contributed by atoms with Crippen molar-refractivity contribution in [3.63, 3.8) is 0 Å². The van der Waals surface area contributed by atoms with E-state index >= 15 is 0 Å². The molecule has 1 aromatic rings. The van der Waals surface area contributed by atoms with E-state index < -0.39 is 0 Å². The van der Waals surface area contributed by atoms with Crippen molar-refractivity contribution >= 4 is 18.1 Å². The average molecular weight is 171 g/mol. The van der Waals surface area contributed by atoms with Gasteiger partial charge in [-0.2, -0.15) is 0 Å². The highest BCUT2D eigenvalue weighted by Gasteiger charge is 2.02. The molecule has 0 saturated heterocycles. The van der Waals surface area contributed by atoms with E-state index in [0.29, 0.717) is 12.3 Å². The Morgan fingerprint density at radius 1 is 1.23 bits per heavy atom. The first-order valence-electron chi connectivity index (χ1n) is 4.16. The topological polar surface area (TPSA) is 29.4 Å². The van der Waals surface area contributed by atoms with Crippen molar-refractivity contribution in [2.24, 2.45) is 4.99 Å². The standard InChI is InChI=1S/C11H9NO/c13-8-11-6-5-9-3-1-2-4-10(9)7-12-11/h1-6,8H,7H2. The summed E-state index contributed by atoms with van der Waals surface area (Å²) in [6.45, 7) is 0.594. The molecule has 1 aliphatic rings. The van der Waals surface area contributed by atoms with E-state index in [0.717, 1.165) is 17.4 Å². The summed E-state index contributed by atoms with van der Waals surface area (Å²) in [7, 11) is 0. The first-order valence-corrected chi connectivity index (χ1v) is 4.16.